The van der Waals surface area contributed by atoms with Crippen LogP contribution in [0.4, 0.5) is 0 Å². The van der Waals surface area contributed by atoms with Gasteiger partial charge in [0.2, 0.25) is 0 Å². The second-order valence-electron chi connectivity index (χ2n) is 2.71. The lowest BCUT2D eigenvalue weighted by Crippen LogP contribution is -2.12. The van der Waals surface area contributed by atoms with Crippen molar-refractivity contribution < 1.29 is 5.11 Å². The van der Waals surface area contributed by atoms with Crippen LogP contribution in [0.2, 0.25) is 0 Å². The molecule has 0 aromatic heterocycles. The number of nitrogens with zero attached hydrogens (tertiary/aromatic N) is 1. The van der Waals surface area contributed by atoms with E-state index < -0.39 is 6.10 Å². The van der Waals surface area contributed by atoms with Crippen molar-refractivity contribution in [3.05, 3.63) is 35.9 Å². The summed E-state index contributed by atoms with van der Waals surface area (Å²) in [5.74, 6) is 0.228. The highest BCUT2D eigenvalue weighted by molar-refractivity contribution is 6.18. The number of rotatable bonds is 4. The number of aliphatic imine (C=N–C) groups is 1. The summed E-state index contributed by atoms with van der Waals surface area (Å²) in [5.41, 5.74) is 1.03. The van der Waals surface area contributed by atoms with Gasteiger partial charge in [0.25, 0.3) is 0 Å². The molecule has 1 aromatic rings. The fraction of sp³-hybridized carbons (Fsp3) is 0.300. The van der Waals surface area contributed by atoms with Crippen LogP contribution in [0.15, 0.2) is 35.3 Å². The Hall–Kier alpha value is -0.860. The van der Waals surface area contributed by atoms with Crippen molar-refractivity contribution in [1.29, 1.82) is 0 Å². The average Bonchev–Trinajstić information content (AvgIpc) is 2.19. The number of benzene rings is 1. The summed E-state index contributed by atoms with van der Waals surface area (Å²) in [6.45, 7) is 0.360. The summed E-state index contributed by atoms with van der Waals surface area (Å²) in [6.07, 6.45) is 1.19. The smallest absolute Gasteiger partial charge is 0.0870 e. The maximum Gasteiger partial charge on any atom is 0.0870 e. The van der Waals surface area contributed by atoms with Crippen molar-refractivity contribution in [2.75, 3.05) is 12.4 Å². The van der Waals surface area contributed by atoms with E-state index in [1.807, 2.05) is 30.3 Å². The molecular weight excluding hydrogens is 186 g/mol. The zero-order valence-electron chi connectivity index (χ0n) is 7.23. The Kier molecular flexibility index (Phi) is 4.50. The predicted octanol–water partition coefficient (Wildman–Crippen LogP) is 1.71. The van der Waals surface area contributed by atoms with Crippen molar-refractivity contribution >= 4 is 17.8 Å². The summed E-state index contributed by atoms with van der Waals surface area (Å²) >= 11 is 5.41. The van der Waals surface area contributed by atoms with Crippen LogP contribution in [0, 0.1) is 0 Å². The fourth-order valence-corrected chi connectivity index (χ4v) is 0.965. The highest BCUT2D eigenvalue weighted by Crippen LogP contribution is 1.95. The SMILES string of the molecule is O[C@H](CCl)C/N=C\c1ccccc1. The van der Waals surface area contributed by atoms with Crippen LogP contribution in [0.25, 0.3) is 0 Å². The van der Waals surface area contributed by atoms with Crippen molar-refractivity contribution in [1.82, 2.24) is 0 Å². The monoisotopic (exact) mass is 197 g/mol. The van der Waals surface area contributed by atoms with Gasteiger partial charge < -0.3 is 5.11 Å². The number of hydrogen-bond donors (Lipinski definition) is 1. The van der Waals surface area contributed by atoms with Gasteiger partial charge >= 0.3 is 0 Å². The number of hydrogen-bond acceptors (Lipinski definition) is 2. The standard InChI is InChI=1S/C10H12ClNO/c11-6-10(13)8-12-7-9-4-2-1-3-5-9/h1-5,7,10,13H,6,8H2/b12-7-/t10-/m1/s1. The Labute approximate surface area is 82.9 Å². The molecule has 0 saturated carbocycles. The van der Waals surface area contributed by atoms with Gasteiger partial charge in [0.05, 0.1) is 18.5 Å². The van der Waals surface area contributed by atoms with Crippen molar-refractivity contribution in [3.8, 4) is 0 Å². The Morgan fingerprint density at radius 1 is 1.38 bits per heavy atom. The highest BCUT2D eigenvalue weighted by atomic mass is 35.5. The maximum absolute atomic E-state index is 9.09. The average molecular weight is 198 g/mol. The molecule has 0 aliphatic heterocycles. The first-order valence-electron chi connectivity index (χ1n) is 4.12. The maximum atomic E-state index is 9.09. The van der Waals surface area contributed by atoms with Gasteiger partial charge in [0, 0.05) is 6.21 Å². The molecule has 1 atom stereocenters. The second-order valence-corrected chi connectivity index (χ2v) is 3.02. The molecule has 0 saturated heterocycles. The van der Waals surface area contributed by atoms with E-state index in [2.05, 4.69) is 4.99 Å². The third-order valence-corrected chi connectivity index (χ3v) is 1.89. The van der Waals surface area contributed by atoms with Crippen LogP contribution in [0.3, 0.4) is 0 Å². The van der Waals surface area contributed by atoms with Gasteiger partial charge in [-0.2, -0.15) is 0 Å². The third-order valence-electron chi connectivity index (χ3n) is 1.53. The quantitative estimate of drug-likeness (QED) is 0.579. The first kappa shape index (κ1) is 10.2. The van der Waals surface area contributed by atoms with Crippen molar-refractivity contribution in [3.63, 3.8) is 0 Å². The molecule has 13 heavy (non-hydrogen) atoms. The topological polar surface area (TPSA) is 32.6 Å². The molecule has 0 unspecified atom stereocenters. The van der Waals surface area contributed by atoms with Crippen LogP contribution in [-0.4, -0.2) is 29.8 Å². The molecule has 2 nitrogen and oxygen atoms in total. The summed E-state index contributed by atoms with van der Waals surface area (Å²) < 4.78 is 0. The van der Waals surface area contributed by atoms with Gasteiger partial charge in [-0.25, -0.2) is 0 Å². The Balaban J connectivity index is 2.41. The molecular formula is C10H12ClNO. The van der Waals surface area contributed by atoms with Gasteiger partial charge in [0.1, 0.15) is 0 Å². The lowest BCUT2D eigenvalue weighted by molar-refractivity contribution is 0.207. The molecule has 1 aromatic carbocycles. The van der Waals surface area contributed by atoms with E-state index in [1.165, 1.54) is 0 Å². The molecule has 0 radical (unpaired) electrons. The van der Waals surface area contributed by atoms with E-state index in [0.29, 0.717) is 6.54 Å². The molecule has 0 amide bonds. The molecule has 0 fully saturated rings. The number of halogens is 1. The molecule has 1 N–H and O–H groups in total. The number of aliphatic hydroxyl groups excluding tert-OH is 1. The van der Waals surface area contributed by atoms with Gasteiger partial charge in [-0.05, 0) is 5.56 Å². The van der Waals surface area contributed by atoms with Gasteiger partial charge in [-0.3, -0.25) is 4.99 Å². The molecule has 0 bridgehead atoms. The molecule has 0 aliphatic carbocycles. The van der Waals surface area contributed by atoms with Gasteiger partial charge in [-0.1, -0.05) is 30.3 Å². The Bertz CT molecular complexity index is 261. The van der Waals surface area contributed by atoms with E-state index in [9.17, 15) is 0 Å². The summed E-state index contributed by atoms with van der Waals surface area (Å²) in [4.78, 5) is 4.05. The van der Waals surface area contributed by atoms with Crippen LogP contribution in [0.5, 0.6) is 0 Å². The first-order valence-corrected chi connectivity index (χ1v) is 4.65. The van der Waals surface area contributed by atoms with Gasteiger partial charge in [0.15, 0.2) is 0 Å². The largest absolute Gasteiger partial charge is 0.390 e. The summed E-state index contributed by atoms with van der Waals surface area (Å²) in [6, 6.07) is 9.75. The van der Waals surface area contributed by atoms with E-state index in [0.717, 1.165) is 5.56 Å². The highest BCUT2D eigenvalue weighted by Gasteiger charge is 1.97. The minimum absolute atomic E-state index is 0.228. The molecule has 3 heteroatoms. The number of alkyl halides is 1. The molecule has 0 aliphatic rings. The minimum atomic E-state index is -0.540. The Morgan fingerprint density at radius 3 is 2.69 bits per heavy atom. The van der Waals surface area contributed by atoms with Crippen LogP contribution in [0.1, 0.15) is 5.56 Å². The predicted molar refractivity (Wildman–Crippen MR) is 55.6 cm³/mol. The van der Waals surface area contributed by atoms with Crippen LogP contribution in [-0.2, 0) is 0 Å². The first-order chi connectivity index (χ1) is 6.33. The third kappa shape index (κ3) is 4.06. The molecule has 0 spiro atoms. The van der Waals surface area contributed by atoms with E-state index in [-0.39, 0.29) is 5.88 Å². The summed E-state index contributed by atoms with van der Waals surface area (Å²) in [5, 5.41) is 9.09. The summed E-state index contributed by atoms with van der Waals surface area (Å²) in [7, 11) is 0. The minimum Gasteiger partial charge on any atom is -0.390 e. The van der Waals surface area contributed by atoms with Crippen LogP contribution < -0.4 is 0 Å². The fourth-order valence-electron chi connectivity index (χ4n) is 0.868. The zero-order valence-corrected chi connectivity index (χ0v) is 7.98. The second kappa shape index (κ2) is 5.73. The number of aliphatic hydroxyl groups is 1. The van der Waals surface area contributed by atoms with E-state index in [4.69, 9.17) is 16.7 Å². The van der Waals surface area contributed by atoms with Crippen LogP contribution >= 0.6 is 11.6 Å². The normalized spacial score (nSPS) is 13.4. The zero-order chi connectivity index (χ0) is 9.52. The van der Waals surface area contributed by atoms with Gasteiger partial charge in [-0.15, -0.1) is 11.6 Å². The van der Waals surface area contributed by atoms with E-state index >= 15 is 0 Å². The molecule has 70 valence electrons. The van der Waals surface area contributed by atoms with Crippen molar-refractivity contribution in [2.45, 2.75) is 6.10 Å². The lowest BCUT2D eigenvalue weighted by atomic mass is 10.2. The molecule has 0 heterocycles. The Morgan fingerprint density at radius 2 is 2.08 bits per heavy atom. The van der Waals surface area contributed by atoms with Crippen molar-refractivity contribution in [2.24, 2.45) is 4.99 Å². The molecule has 1 rings (SSSR count). The lowest BCUT2D eigenvalue weighted by Gasteiger charge is -1.99. The van der Waals surface area contributed by atoms with E-state index in [1.54, 1.807) is 6.21 Å².